The highest BCUT2D eigenvalue weighted by Crippen LogP contribution is 2.34. The van der Waals surface area contributed by atoms with Gasteiger partial charge in [-0.2, -0.15) is 0 Å². The van der Waals surface area contributed by atoms with Crippen LogP contribution in [0.15, 0.2) is 12.2 Å². The van der Waals surface area contributed by atoms with Crippen LogP contribution in [0.4, 0.5) is 0 Å². The minimum Gasteiger partial charge on any atom is -0.313 e. The van der Waals surface area contributed by atoms with Crippen LogP contribution in [0.1, 0.15) is 39.0 Å². The van der Waals surface area contributed by atoms with Crippen LogP contribution in [0.5, 0.6) is 0 Å². The van der Waals surface area contributed by atoms with Crippen molar-refractivity contribution in [1.29, 1.82) is 0 Å². The summed E-state index contributed by atoms with van der Waals surface area (Å²) in [5.41, 5.74) is 1.36. The Labute approximate surface area is 100 Å². The fourth-order valence-corrected chi connectivity index (χ4v) is 2.20. The highest BCUT2D eigenvalue weighted by molar-refractivity contribution is 5.03. The first-order valence-electron chi connectivity index (χ1n) is 6.91. The first kappa shape index (κ1) is 12.1. The summed E-state index contributed by atoms with van der Waals surface area (Å²) in [6.45, 7) is 11.0. The van der Waals surface area contributed by atoms with E-state index in [-0.39, 0.29) is 0 Å². The summed E-state index contributed by atoms with van der Waals surface area (Å²) >= 11 is 0. The minimum absolute atomic E-state index is 0.892. The van der Waals surface area contributed by atoms with Crippen molar-refractivity contribution in [3.63, 3.8) is 0 Å². The van der Waals surface area contributed by atoms with Gasteiger partial charge in [-0.25, -0.2) is 0 Å². The molecule has 2 saturated carbocycles. The molecule has 0 radical (unpaired) electrons. The Morgan fingerprint density at radius 1 is 1.31 bits per heavy atom. The fraction of sp³-hybridized carbons (Fsp3) is 0.857. The molecule has 2 heteroatoms. The number of hydrogen-bond acceptors (Lipinski definition) is 2. The zero-order valence-electron chi connectivity index (χ0n) is 10.7. The van der Waals surface area contributed by atoms with E-state index in [0.717, 1.165) is 31.6 Å². The molecule has 2 fully saturated rings. The van der Waals surface area contributed by atoms with Crippen molar-refractivity contribution in [2.45, 2.75) is 45.1 Å². The third-order valence-electron chi connectivity index (χ3n) is 3.48. The maximum absolute atomic E-state index is 4.20. The topological polar surface area (TPSA) is 15.3 Å². The van der Waals surface area contributed by atoms with Crippen LogP contribution in [0.3, 0.4) is 0 Å². The van der Waals surface area contributed by atoms with E-state index >= 15 is 0 Å². The van der Waals surface area contributed by atoms with Crippen molar-refractivity contribution in [1.82, 2.24) is 10.2 Å². The largest absolute Gasteiger partial charge is 0.313 e. The molecule has 0 aromatic carbocycles. The molecule has 0 unspecified atom stereocenters. The van der Waals surface area contributed by atoms with Crippen molar-refractivity contribution < 1.29 is 0 Å². The van der Waals surface area contributed by atoms with E-state index in [4.69, 9.17) is 0 Å². The average molecular weight is 222 g/mol. The van der Waals surface area contributed by atoms with Gasteiger partial charge in [0, 0.05) is 25.7 Å². The standard InChI is InChI=1S/C14H26N2/c1-3-8-15-9-12(2)10-16(14-6-7-14)11-13-4-5-13/h13-15H,2-11H2,1H3. The summed E-state index contributed by atoms with van der Waals surface area (Å²) in [4.78, 5) is 2.67. The van der Waals surface area contributed by atoms with Gasteiger partial charge in [-0.1, -0.05) is 13.5 Å². The number of rotatable bonds is 9. The van der Waals surface area contributed by atoms with Gasteiger partial charge < -0.3 is 5.32 Å². The van der Waals surface area contributed by atoms with Crippen molar-refractivity contribution >= 4 is 0 Å². The van der Waals surface area contributed by atoms with Crippen molar-refractivity contribution in [2.24, 2.45) is 5.92 Å². The van der Waals surface area contributed by atoms with E-state index in [2.05, 4.69) is 23.7 Å². The quantitative estimate of drug-likeness (QED) is 0.476. The van der Waals surface area contributed by atoms with Gasteiger partial charge in [0.05, 0.1) is 0 Å². The molecular weight excluding hydrogens is 196 g/mol. The molecule has 0 atom stereocenters. The highest BCUT2D eigenvalue weighted by Gasteiger charge is 2.33. The number of nitrogens with one attached hydrogen (secondary N) is 1. The predicted molar refractivity (Wildman–Crippen MR) is 69.6 cm³/mol. The molecule has 0 heterocycles. The molecule has 0 saturated heterocycles. The molecule has 2 aliphatic carbocycles. The van der Waals surface area contributed by atoms with Crippen LogP contribution in [-0.4, -0.2) is 37.1 Å². The third-order valence-corrected chi connectivity index (χ3v) is 3.48. The summed E-state index contributed by atoms with van der Waals surface area (Å²) in [6, 6.07) is 0.892. The smallest absolute Gasteiger partial charge is 0.0205 e. The van der Waals surface area contributed by atoms with Crippen LogP contribution in [-0.2, 0) is 0 Å². The van der Waals surface area contributed by atoms with Crippen molar-refractivity contribution in [3.05, 3.63) is 12.2 Å². The summed E-state index contributed by atoms with van der Waals surface area (Å²) in [7, 11) is 0. The van der Waals surface area contributed by atoms with Crippen molar-refractivity contribution in [2.75, 3.05) is 26.2 Å². The summed E-state index contributed by atoms with van der Waals surface area (Å²) in [6.07, 6.45) is 6.97. The third kappa shape index (κ3) is 4.26. The zero-order valence-corrected chi connectivity index (χ0v) is 10.7. The Balaban J connectivity index is 1.65. The van der Waals surface area contributed by atoms with Crippen molar-refractivity contribution in [3.8, 4) is 0 Å². The summed E-state index contributed by atoms with van der Waals surface area (Å²) in [5, 5.41) is 3.44. The molecule has 92 valence electrons. The molecule has 0 aromatic heterocycles. The van der Waals surface area contributed by atoms with Gasteiger partial charge in [0.1, 0.15) is 0 Å². The van der Waals surface area contributed by atoms with E-state index < -0.39 is 0 Å². The van der Waals surface area contributed by atoms with Crippen LogP contribution < -0.4 is 5.32 Å². The van der Waals surface area contributed by atoms with Gasteiger partial charge in [0.15, 0.2) is 0 Å². The molecule has 0 aliphatic heterocycles. The molecule has 0 amide bonds. The van der Waals surface area contributed by atoms with Crippen LogP contribution >= 0.6 is 0 Å². The predicted octanol–water partition coefficient (Wildman–Crippen LogP) is 2.42. The van der Waals surface area contributed by atoms with E-state index in [1.807, 2.05) is 0 Å². The molecular formula is C14H26N2. The Morgan fingerprint density at radius 3 is 2.62 bits per heavy atom. The van der Waals surface area contributed by atoms with E-state index in [0.29, 0.717) is 0 Å². The maximum Gasteiger partial charge on any atom is 0.0205 e. The zero-order chi connectivity index (χ0) is 11.4. The lowest BCUT2D eigenvalue weighted by Gasteiger charge is -2.23. The highest BCUT2D eigenvalue weighted by atomic mass is 15.2. The van der Waals surface area contributed by atoms with E-state index in [1.54, 1.807) is 0 Å². The molecule has 0 aromatic rings. The Morgan fingerprint density at radius 2 is 2.06 bits per heavy atom. The fourth-order valence-electron chi connectivity index (χ4n) is 2.20. The molecule has 0 bridgehead atoms. The molecule has 16 heavy (non-hydrogen) atoms. The van der Waals surface area contributed by atoms with Gasteiger partial charge in [0.2, 0.25) is 0 Å². The van der Waals surface area contributed by atoms with Gasteiger partial charge in [-0.3, -0.25) is 4.90 Å². The molecule has 0 spiro atoms. The lowest BCUT2D eigenvalue weighted by molar-refractivity contribution is 0.272. The normalized spacial score (nSPS) is 20.4. The molecule has 1 N–H and O–H groups in total. The minimum atomic E-state index is 0.892. The van der Waals surface area contributed by atoms with Gasteiger partial charge in [0.25, 0.3) is 0 Å². The van der Waals surface area contributed by atoms with E-state index in [9.17, 15) is 0 Å². The Hall–Kier alpha value is -0.340. The first-order chi connectivity index (χ1) is 7.79. The average Bonchev–Trinajstić information content (AvgIpc) is 3.11. The van der Waals surface area contributed by atoms with Crippen LogP contribution in [0.25, 0.3) is 0 Å². The SMILES string of the molecule is C=C(CNCCC)CN(CC1CC1)C1CC1. The number of nitrogens with zero attached hydrogens (tertiary/aromatic N) is 1. The summed E-state index contributed by atoms with van der Waals surface area (Å²) in [5.74, 6) is 1.01. The summed E-state index contributed by atoms with van der Waals surface area (Å²) < 4.78 is 0. The second-order valence-corrected chi connectivity index (χ2v) is 5.53. The lowest BCUT2D eigenvalue weighted by atomic mass is 10.2. The Kier molecular flexibility index (Phi) is 4.42. The Bertz CT molecular complexity index is 229. The molecule has 2 nitrogen and oxygen atoms in total. The maximum atomic E-state index is 4.20. The van der Waals surface area contributed by atoms with E-state index in [1.165, 1.54) is 44.2 Å². The second kappa shape index (κ2) is 5.83. The monoisotopic (exact) mass is 222 g/mol. The van der Waals surface area contributed by atoms with Gasteiger partial charge in [-0.15, -0.1) is 0 Å². The lowest BCUT2D eigenvalue weighted by Crippen LogP contribution is -2.32. The number of hydrogen-bond donors (Lipinski definition) is 1. The molecule has 2 rings (SSSR count). The second-order valence-electron chi connectivity index (χ2n) is 5.53. The first-order valence-corrected chi connectivity index (χ1v) is 6.91. The van der Waals surface area contributed by atoms with Crippen LogP contribution in [0, 0.1) is 5.92 Å². The van der Waals surface area contributed by atoms with Gasteiger partial charge >= 0.3 is 0 Å². The van der Waals surface area contributed by atoms with Gasteiger partial charge in [-0.05, 0) is 50.1 Å². The molecule has 2 aliphatic rings. The van der Waals surface area contributed by atoms with Crippen LogP contribution in [0.2, 0.25) is 0 Å².